The van der Waals surface area contributed by atoms with Gasteiger partial charge in [0, 0.05) is 30.0 Å². The molecule has 0 fully saturated rings. The number of sulfonamides is 1. The van der Waals surface area contributed by atoms with Crippen LogP contribution < -0.4 is 5.32 Å². The largest absolute Gasteiger partial charge is 0.464 e. The number of rotatable bonds is 8. The Labute approximate surface area is 167 Å². The zero-order valence-electron chi connectivity index (χ0n) is 15.4. The Kier molecular flexibility index (Phi) is 6.06. The van der Waals surface area contributed by atoms with Crippen LogP contribution in [0.2, 0.25) is 0 Å². The van der Waals surface area contributed by atoms with Crippen LogP contribution in [0.1, 0.15) is 17.1 Å². The Morgan fingerprint density at radius 3 is 2.71 bits per heavy atom. The second-order valence-electron chi connectivity index (χ2n) is 6.44. The van der Waals surface area contributed by atoms with Gasteiger partial charge >= 0.3 is 0 Å². The Morgan fingerprint density at radius 2 is 2.00 bits per heavy atom. The molecule has 28 heavy (non-hydrogen) atoms. The van der Waals surface area contributed by atoms with E-state index in [0.717, 1.165) is 24.1 Å². The van der Waals surface area contributed by atoms with Crippen LogP contribution in [0.4, 0.5) is 5.69 Å². The Morgan fingerprint density at radius 1 is 1.25 bits per heavy atom. The van der Waals surface area contributed by atoms with E-state index < -0.39 is 14.9 Å². The van der Waals surface area contributed by atoms with E-state index in [0.29, 0.717) is 23.6 Å². The fourth-order valence-corrected chi connectivity index (χ4v) is 4.65. The van der Waals surface area contributed by atoms with Gasteiger partial charge in [-0.1, -0.05) is 0 Å². The first kappa shape index (κ1) is 20.4. The van der Waals surface area contributed by atoms with Crippen LogP contribution >= 0.6 is 11.8 Å². The molecule has 0 amide bonds. The summed E-state index contributed by atoms with van der Waals surface area (Å²) in [5, 5.41) is 13.9. The lowest BCUT2D eigenvalue weighted by Gasteiger charge is -2.06. The average molecular weight is 425 g/mol. The van der Waals surface area contributed by atoms with Gasteiger partial charge in [0.2, 0.25) is 0 Å². The minimum atomic E-state index is -3.91. The molecule has 1 aromatic heterocycles. The lowest BCUT2D eigenvalue weighted by Crippen LogP contribution is -2.25. The van der Waals surface area contributed by atoms with E-state index >= 15 is 0 Å². The van der Waals surface area contributed by atoms with Crippen LogP contribution in [-0.2, 0) is 22.3 Å². The van der Waals surface area contributed by atoms with Gasteiger partial charge in [-0.3, -0.25) is 10.1 Å². The van der Waals surface area contributed by atoms with Crippen molar-refractivity contribution in [3.63, 3.8) is 0 Å². The van der Waals surface area contributed by atoms with Crippen molar-refractivity contribution in [3.05, 3.63) is 57.5 Å². The van der Waals surface area contributed by atoms with E-state index in [-0.39, 0.29) is 16.4 Å². The maximum atomic E-state index is 12.1. The van der Waals surface area contributed by atoms with Gasteiger partial charge in [0.05, 0.1) is 17.2 Å². The van der Waals surface area contributed by atoms with Crippen LogP contribution in [0.15, 0.2) is 44.0 Å². The fourth-order valence-electron chi connectivity index (χ4n) is 2.69. The molecule has 0 atom stereocenters. The number of furan rings is 1. The van der Waals surface area contributed by atoms with Crippen molar-refractivity contribution in [3.8, 4) is 0 Å². The molecule has 0 aliphatic carbocycles. The van der Waals surface area contributed by atoms with Gasteiger partial charge in [-0.2, -0.15) is 20.2 Å². The summed E-state index contributed by atoms with van der Waals surface area (Å²) < 4.78 is 33.7. The molecule has 0 radical (unpaired) electrons. The normalized spacial score (nSPS) is 14.8. The summed E-state index contributed by atoms with van der Waals surface area (Å²) in [5.41, 5.74) is 0.0800. The number of fused-ring (bicyclic) bond motifs is 1. The topological polar surface area (TPSA) is 118 Å². The van der Waals surface area contributed by atoms with E-state index in [1.54, 1.807) is 11.8 Å². The molecule has 3 rings (SSSR count). The molecule has 11 heteroatoms. The van der Waals surface area contributed by atoms with Gasteiger partial charge in [-0.25, -0.2) is 0 Å². The zero-order valence-corrected chi connectivity index (χ0v) is 17.0. The van der Waals surface area contributed by atoms with E-state index in [2.05, 4.69) is 9.71 Å². The maximum Gasteiger partial charge on any atom is 0.285 e. The maximum absolute atomic E-state index is 12.1. The van der Waals surface area contributed by atoms with Crippen LogP contribution in [0.25, 0.3) is 0 Å². The number of thioether (sulfide) groups is 1. The fraction of sp³-hybridized carbons (Fsp3) is 0.353. The molecule has 0 unspecified atom stereocenters. The van der Waals surface area contributed by atoms with Crippen LogP contribution in [0, 0.1) is 10.1 Å². The van der Waals surface area contributed by atoms with Gasteiger partial charge in [0.25, 0.3) is 15.7 Å². The number of nitro benzene ring substituents is 1. The first-order valence-corrected chi connectivity index (χ1v) is 11.0. The quantitative estimate of drug-likeness (QED) is 0.389. The lowest BCUT2D eigenvalue weighted by molar-refractivity contribution is -0.385. The minimum absolute atomic E-state index is 0.138. The summed E-state index contributed by atoms with van der Waals surface area (Å²) in [6.07, 6.45) is 0. The summed E-state index contributed by atoms with van der Waals surface area (Å²) in [5.74, 6) is 3.44. The number of nitrogens with zero attached hydrogens (tertiary/aromatic N) is 3. The molecule has 1 aliphatic heterocycles. The van der Waals surface area contributed by atoms with Gasteiger partial charge in [-0.15, -0.1) is 4.40 Å². The van der Waals surface area contributed by atoms with Crippen molar-refractivity contribution in [2.24, 2.45) is 4.40 Å². The molecular formula is C17H20N4O5S2. The number of benzene rings is 1. The summed E-state index contributed by atoms with van der Waals surface area (Å²) in [6, 6.07) is 7.64. The molecule has 1 aliphatic rings. The molecule has 1 N–H and O–H groups in total. The zero-order chi connectivity index (χ0) is 20.3. The minimum Gasteiger partial charge on any atom is -0.464 e. The predicted molar refractivity (Wildman–Crippen MR) is 107 cm³/mol. The molecule has 9 nitrogen and oxygen atoms in total. The van der Waals surface area contributed by atoms with Gasteiger partial charge in [0.15, 0.2) is 0 Å². The van der Waals surface area contributed by atoms with Gasteiger partial charge in [0.1, 0.15) is 22.3 Å². The van der Waals surface area contributed by atoms with E-state index in [1.807, 2.05) is 31.1 Å². The molecule has 1 aromatic carbocycles. The van der Waals surface area contributed by atoms with Crippen LogP contribution in [-0.4, -0.2) is 50.5 Å². The highest BCUT2D eigenvalue weighted by Crippen LogP contribution is 2.29. The first-order valence-electron chi connectivity index (χ1n) is 8.44. The summed E-state index contributed by atoms with van der Waals surface area (Å²) in [7, 11) is 0.0457. The first-order chi connectivity index (χ1) is 13.3. The SMILES string of the molecule is CN(C)Cc1ccc(CSCCNC2=NS(=O)(=O)c3cc([N+](=O)[O-])ccc32)o1. The molecule has 0 bridgehead atoms. The standard InChI is InChI=1S/C17H20N4O5S2/c1-20(2)10-13-4-5-14(26-13)11-27-8-7-18-17-15-6-3-12(21(22)23)9-16(15)28(24,25)19-17/h3-6,9H,7-8,10-11H2,1-2H3,(H,18,19). The Bertz CT molecular complexity index is 1010. The number of non-ortho nitro benzene ring substituents is 1. The summed E-state index contributed by atoms with van der Waals surface area (Å²) in [6.45, 7) is 1.25. The van der Waals surface area contributed by atoms with E-state index in [9.17, 15) is 18.5 Å². The third kappa shape index (κ3) is 4.72. The number of amidine groups is 1. The van der Waals surface area contributed by atoms with E-state index in [1.165, 1.54) is 12.1 Å². The summed E-state index contributed by atoms with van der Waals surface area (Å²) >= 11 is 1.65. The number of nitrogens with one attached hydrogen (secondary N) is 1. The van der Waals surface area contributed by atoms with Crippen molar-refractivity contribution in [1.29, 1.82) is 0 Å². The van der Waals surface area contributed by atoms with Gasteiger partial charge < -0.3 is 14.6 Å². The highest BCUT2D eigenvalue weighted by atomic mass is 32.2. The predicted octanol–water partition coefficient (Wildman–Crippen LogP) is 2.22. The van der Waals surface area contributed by atoms with Crippen LogP contribution in [0.3, 0.4) is 0 Å². The third-order valence-electron chi connectivity index (χ3n) is 3.89. The molecule has 2 heterocycles. The lowest BCUT2D eigenvalue weighted by atomic mass is 10.2. The Balaban J connectivity index is 1.52. The number of hydrogen-bond acceptors (Lipinski definition) is 8. The molecule has 2 aromatic rings. The average Bonchev–Trinajstić information content (AvgIpc) is 3.16. The van der Waals surface area contributed by atoms with Gasteiger partial charge in [-0.05, 0) is 32.3 Å². The van der Waals surface area contributed by atoms with Crippen molar-refractivity contribution in [2.75, 3.05) is 26.4 Å². The van der Waals surface area contributed by atoms with E-state index in [4.69, 9.17) is 4.42 Å². The molecule has 0 saturated carbocycles. The Hall–Kier alpha value is -2.37. The highest BCUT2D eigenvalue weighted by Gasteiger charge is 2.30. The number of nitro groups is 1. The smallest absolute Gasteiger partial charge is 0.285 e. The summed E-state index contributed by atoms with van der Waals surface area (Å²) in [4.78, 5) is 12.1. The van der Waals surface area contributed by atoms with Crippen molar-refractivity contribution in [2.45, 2.75) is 17.2 Å². The molecule has 150 valence electrons. The van der Waals surface area contributed by atoms with Crippen molar-refractivity contribution >= 4 is 33.3 Å². The molecule has 0 saturated heterocycles. The monoisotopic (exact) mass is 424 g/mol. The second kappa shape index (κ2) is 8.33. The van der Waals surface area contributed by atoms with Crippen molar-refractivity contribution in [1.82, 2.24) is 10.2 Å². The molecule has 0 spiro atoms. The highest BCUT2D eigenvalue weighted by molar-refractivity contribution is 7.98. The van der Waals surface area contributed by atoms with Crippen molar-refractivity contribution < 1.29 is 17.8 Å². The van der Waals surface area contributed by atoms with Crippen LogP contribution in [0.5, 0.6) is 0 Å². The molecular weight excluding hydrogens is 404 g/mol. The number of hydrogen-bond donors (Lipinski definition) is 1. The second-order valence-corrected chi connectivity index (χ2v) is 9.12. The third-order valence-corrected chi connectivity index (χ3v) is 6.19.